The Labute approximate surface area is 215 Å². The highest BCUT2D eigenvalue weighted by Gasteiger charge is 2.25. The fourth-order valence-electron chi connectivity index (χ4n) is 4.32. The minimum Gasteiger partial charge on any atom is -0.482 e. The van der Waals surface area contributed by atoms with E-state index >= 15 is 0 Å². The van der Waals surface area contributed by atoms with Crippen LogP contribution in [-0.2, 0) is 4.79 Å². The van der Waals surface area contributed by atoms with Gasteiger partial charge in [-0.1, -0.05) is 0 Å². The summed E-state index contributed by atoms with van der Waals surface area (Å²) in [5.41, 5.74) is 2.99. The van der Waals surface area contributed by atoms with Crippen LogP contribution in [0.3, 0.4) is 0 Å². The summed E-state index contributed by atoms with van der Waals surface area (Å²) in [6.07, 6.45) is 3.80. The third-order valence-corrected chi connectivity index (χ3v) is 6.48. The molecule has 1 saturated heterocycles. The monoisotopic (exact) mass is 506 g/mol. The first-order valence-electron chi connectivity index (χ1n) is 12.4. The third-order valence-electron chi connectivity index (χ3n) is 6.48. The maximum atomic E-state index is 12.8. The van der Waals surface area contributed by atoms with Gasteiger partial charge in [-0.05, 0) is 50.7 Å². The number of carbonyl (C=O) groups is 1. The van der Waals surface area contributed by atoms with Gasteiger partial charge in [-0.3, -0.25) is 9.18 Å². The first kappa shape index (κ1) is 24.7. The molecule has 4 heterocycles. The number of hydrogen-bond acceptors (Lipinski definition) is 9. The second-order valence-electron chi connectivity index (χ2n) is 9.23. The van der Waals surface area contributed by atoms with E-state index in [4.69, 9.17) is 4.74 Å². The van der Waals surface area contributed by atoms with Gasteiger partial charge < -0.3 is 30.1 Å². The molecule has 0 unspecified atom stereocenters. The highest BCUT2D eigenvalue weighted by molar-refractivity contribution is 5.98. The SMILES string of the molecule is Cc1cnc(Nc2ccc(N3CCN(C)CC3)nc2)nc1Nc1ccc2c(c1)N(CCCF)C(=O)CO2. The van der Waals surface area contributed by atoms with Gasteiger partial charge in [0.2, 0.25) is 5.95 Å². The van der Waals surface area contributed by atoms with Crippen molar-refractivity contribution in [1.29, 1.82) is 0 Å². The van der Waals surface area contributed by atoms with Gasteiger partial charge >= 0.3 is 0 Å². The molecule has 3 aromatic rings. The van der Waals surface area contributed by atoms with Crippen molar-refractivity contribution in [1.82, 2.24) is 19.9 Å². The number of aromatic nitrogens is 3. The number of amides is 1. The van der Waals surface area contributed by atoms with E-state index in [2.05, 4.69) is 42.4 Å². The topological polar surface area (TPSA) is 98.8 Å². The Kier molecular flexibility index (Phi) is 7.31. The average molecular weight is 507 g/mol. The molecule has 0 aliphatic carbocycles. The van der Waals surface area contributed by atoms with Crippen molar-refractivity contribution >= 4 is 40.6 Å². The number of nitrogens with zero attached hydrogens (tertiary/aromatic N) is 6. The number of hydrogen-bond donors (Lipinski definition) is 2. The number of aryl methyl sites for hydroxylation is 1. The van der Waals surface area contributed by atoms with Gasteiger partial charge in [0.1, 0.15) is 17.4 Å². The zero-order valence-corrected chi connectivity index (χ0v) is 21.1. The molecule has 0 radical (unpaired) electrons. The Hall–Kier alpha value is -3.99. The van der Waals surface area contributed by atoms with Crippen LogP contribution in [0.15, 0.2) is 42.7 Å². The number of likely N-dealkylation sites (N-methyl/N-ethyl adjacent to an activating group) is 1. The van der Waals surface area contributed by atoms with Gasteiger partial charge in [0, 0.05) is 50.2 Å². The molecule has 0 atom stereocenters. The molecule has 1 fully saturated rings. The molecular weight excluding hydrogens is 475 g/mol. The number of nitrogens with one attached hydrogen (secondary N) is 2. The molecule has 2 aliphatic heterocycles. The summed E-state index contributed by atoms with van der Waals surface area (Å²) < 4.78 is 18.3. The second-order valence-corrected chi connectivity index (χ2v) is 9.23. The van der Waals surface area contributed by atoms with E-state index in [0.29, 0.717) is 29.7 Å². The zero-order chi connectivity index (χ0) is 25.8. The van der Waals surface area contributed by atoms with Crippen LogP contribution in [-0.4, -0.2) is 78.8 Å². The van der Waals surface area contributed by atoms with Crippen LogP contribution in [0.4, 0.5) is 39.0 Å². The number of halogens is 1. The van der Waals surface area contributed by atoms with Crippen LogP contribution >= 0.6 is 0 Å². The molecule has 0 bridgehead atoms. The van der Waals surface area contributed by atoms with Crippen LogP contribution in [0.5, 0.6) is 5.75 Å². The predicted octanol–water partition coefficient (Wildman–Crippen LogP) is 3.50. The summed E-state index contributed by atoms with van der Waals surface area (Å²) in [4.78, 5) is 32.2. The Morgan fingerprint density at radius 1 is 1.03 bits per heavy atom. The summed E-state index contributed by atoms with van der Waals surface area (Å²) in [6.45, 7) is 5.66. The molecule has 2 aromatic heterocycles. The highest BCUT2D eigenvalue weighted by atomic mass is 19.1. The fourth-order valence-corrected chi connectivity index (χ4v) is 4.32. The van der Waals surface area contributed by atoms with Gasteiger partial charge in [0.15, 0.2) is 6.61 Å². The number of alkyl halides is 1. The van der Waals surface area contributed by atoms with E-state index in [1.54, 1.807) is 23.4 Å². The minimum absolute atomic E-state index is 0.0443. The van der Waals surface area contributed by atoms with Gasteiger partial charge in [-0.25, -0.2) is 9.97 Å². The molecule has 194 valence electrons. The lowest BCUT2D eigenvalue weighted by atomic mass is 10.2. The smallest absolute Gasteiger partial charge is 0.265 e. The Morgan fingerprint density at radius 3 is 2.59 bits per heavy atom. The summed E-state index contributed by atoms with van der Waals surface area (Å²) in [5.74, 6) is 2.43. The van der Waals surface area contributed by atoms with Gasteiger partial charge in [-0.15, -0.1) is 0 Å². The molecule has 2 aliphatic rings. The first-order valence-corrected chi connectivity index (χ1v) is 12.4. The standard InChI is InChI=1S/C26H31FN8O2/c1-18-15-29-26(31-20-5-7-23(28-16-20)34-12-10-33(2)11-13-34)32-25(18)30-19-4-6-22-21(14-19)35(9-3-8-27)24(36)17-37-22/h4-7,14-16H,3,8-13,17H2,1-2H3,(H2,29,30,31,32). The maximum Gasteiger partial charge on any atom is 0.265 e. The quantitative estimate of drug-likeness (QED) is 0.476. The Bertz CT molecular complexity index is 1250. The second kappa shape index (κ2) is 11.0. The van der Waals surface area contributed by atoms with E-state index < -0.39 is 6.67 Å². The van der Waals surface area contributed by atoms with E-state index in [0.717, 1.165) is 48.9 Å². The number of anilines is 6. The fraction of sp³-hybridized carbons (Fsp3) is 0.385. The van der Waals surface area contributed by atoms with Crippen molar-refractivity contribution in [2.75, 3.05) is 73.5 Å². The predicted molar refractivity (Wildman–Crippen MR) is 142 cm³/mol. The van der Waals surface area contributed by atoms with Crippen LogP contribution in [0.2, 0.25) is 0 Å². The first-order chi connectivity index (χ1) is 18.0. The molecule has 37 heavy (non-hydrogen) atoms. The van der Waals surface area contributed by atoms with Crippen LogP contribution < -0.4 is 25.2 Å². The Morgan fingerprint density at radius 2 is 1.84 bits per heavy atom. The lowest BCUT2D eigenvalue weighted by Crippen LogP contribution is -2.44. The van der Waals surface area contributed by atoms with Gasteiger partial charge in [0.25, 0.3) is 5.91 Å². The maximum absolute atomic E-state index is 12.8. The summed E-state index contributed by atoms with van der Waals surface area (Å²) in [7, 11) is 2.13. The van der Waals surface area contributed by atoms with Crippen LogP contribution in [0, 0.1) is 6.92 Å². The Balaban J connectivity index is 1.29. The molecule has 0 saturated carbocycles. The lowest BCUT2D eigenvalue weighted by molar-refractivity contribution is -0.121. The minimum atomic E-state index is -0.484. The highest BCUT2D eigenvalue weighted by Crippen LogP contribution is 2.35. The zero-order valence-electron chi connectivity index (χ0n) is 21.1. The van der Waals surface area contributed by atoms with Crippen molar-refractivity contribution in [3.63, 3.8) is 0 Å². The van der Waals surface area contributed by atoms with E-state index in [9.17, 15) is 9.18 Å². The number of fused-ring (bicyclic) bond motifs is 1. The molecule has 11 heteroatoms. The lowest BCUT2D eigenvalue weighted by Gasteiger charge is -2.33. The molecule has 1 aromatic carbocycles. The van der Waals surface area contributed by atoms with Crippen molar-refractivity contribution in [2.45, 2.75) is 13.3 Å². The third kappa shape index (κ3) is 5.72. The van der Waals surface area contributed by atoms with Crippen molar-refractivity contribution in [2.24, 2.45) is 0 Å². The van der Waals surface area contributed by atoms with Crippen molar-refractivity contribution < 1.29 is 13.9 Å². The molecule has 5 rings (SSSR count). The van der Waals surface area contributed by atoms with Crippen LogP contribution in [0.1, 0.15) is 12.0 Å². The molecule has 2 N–H and O–H groups in total. The molecular formula is C26H31FN8O2. The molecule has 1 amide bonds. The van der Waals surface area contributed by atoms with Gasteiger partial charge in [-0.2, -0.15) is 4.98 Å². The van der Waals surface area contributed by atoms with Crippen molar-refractivity contribution in [3.05, 3.63) is 48.3 Å². The summed E-state index contributed by atoms with van der Waals surface area (Å²) >= 11 is 0. The number of carbonyl (C=O) groups excluding carboxylic acids is 1. The van der Waals surface area contributed by atoms with Crippen LogP contribution in [0.25, 0.3) is 0 Å². The summed E-state index contributed by atoms with van der Waals surface area (Å²) in [6, 6.07) is 9.46. The van der Waals surface area contributed by atoms with Gasteiger partial charge in [0.05, 0.1) is 24.2 Å². The number of piperazine rings is 1. The average Bonchev–Trinajstić information content (AvgIpc) is 2.91. The number of benzene rings is 1. The summed E-state index contributed by atoms with van der Waals surface area (Å²) in [5, 5.41) is 6.53. The normalized spacial score (nSPS) is 15.8. The number of pyridine rings is 1. The van der Waals surface area contributed by atoms with E-state index in [-0.39, 0.29) is 18.9 Å². The number of rotatable bonds is 8. The van der Waals surface area contributed by atoms with E-state index in [1.165, 1.54) is 0 Å². The molecule has 10 nitrogen and oxygen atoms in total. The largest absolute Gasteiger partial charge is 0.482 e. The number of ether oxygens (including phenoxy) is 1. The molecule has 0 spiro atoms. The van der Waals surface area contributed by atoms with Crippen molar-refractivity contribution in [3.8, 4) is 5.75 Å². The van der Waals surface area contributed by atoms with E-state index in [1.807, 2.05) is 31.2 Å².